The van der Waals surface area contributed by atoms with Crippen molar-refractivity contribution in [2.24, 2.45) is 0 Å². The Labute approximate surface area is 208 Å². The van der Waals surface area contributed by atoms with Crippen molar-refractivity contribution in [2.75, 3.05) is 15.7 Å². The Kier molecular flexibility index (Phi) is 7.25. The van der Waals surface area contributed by atoms with Crippen molar-refractivity contribution >= 4 is 45.1 Å². The lowest BCUT2D eigenvalue weighted by Crippen LogP contribution is -2.38. The van der Waals surface area contributed by atoms with Crippen molar-refractivity contribution in [1.82, 2.24) is 10.6 Å². The van der Waals surface area contributed by atoms with E-state index in [0.29, 0.717) is 16.7 Å². The number of ether oxygens (including phenoxy) is 1. The molecule has 1 aliphatic rings. The fraction of sp³-hybridized carbons (Fsp3) is 0.167. The van der Waals surface area contributed by atoms with Gasteiger partial charge in [0, 0.05) is 42.2 Å². The van der Waals surface area contributed by atoms with Crippen LogP contribution in [0.3, 0.4) is 0 Å². The van der Waals surface area contributed by atoms with Crippen LogP contribution in [0.1, 0.15) is 28.4 Å². The molecule has 3 amide bonds. The smallest absolute Gasteiger partial charge is 0.343 e. The predicted molar refractivity (Wildman–Crippen MR) is 133 cm³/mol. The van der Waals surface area contributed by atoms with Crippen LogP contribution in [0.4, 0.5) is 16.2 Å². The van der Waals surface area contributed by atoms with Gasteiger partial charge in [-0.15, -0.1) is 0 Å². The van der Waals surface area contributed by atoms with E-state index in [1.165, 1.54) is 18.2 Å². The molecule has 0 saturated heterocycles. The van der Waals surface area contributed by atoms with Crippen LogP contribution in [-0.4, -0.2) is 27.0 Å². The van der Waals surface area contributed by atoms with Gasteiger partial charge in [-0.3, -0.25) is 14.8 Å². The van der Waals surface area contributed by atoms with Crippen molar-refractivity contribution < 1.29 is 22.7 Å². The standard InChI is InChI=1S/C24H23ClN4O5S/c1-2-34-22-13-20(35(32,33)28-19-9-8-17-14-26-15-18(17)12-19)10-11-21(22)29(25)24(31)27-23(30)16-6-4-3-5-7-16/h3-13,26,28H,2,14-15H2,1H3,(H,27,30,31). The van der Waals surface area contributed by atoms with Crippen LogP contribution in [0.25, 0.3) is 0 Å². The molecule has 4 rings (SSSR count). The van der Waals surface area contributed by atoms with E-state index in [2.05, 4.69) is 15.4 Å². The number of nitrogens with one attached hydrogen (secondary N) is 3. The summed E-state index contributed by atoms with van der Waals surface area (Å²) >= 11 is 6.20. The lowest BCUT2D eigenvalue weighted by atomic mass is 10.1. The van der Waals surface area contributed by atoms with Gasteiger partial charge >= 0.3 is 6.03 Å². The van der Waals surface area contributed by atoms with Gasteiger partial charge in [0.25, 0.3) is 15.9 Å². The average Bonchev–Trinajstić information content (AvgIpc) is 3.32. The van der Waals surface area contributed by atoms with Gasteiger partial charge in [0.05, 0.1) is 11.5 Å². The number of anilines is 2. The molecule has 0 unspecified atom stereocenters. The number of rotatable bonds is 7. The summed E-state index contributed by atoms with van der Waals surface area (Å²) in [6.07, 6.45) is 0. The molecule has 0 radical (unpaired) electrons. The summed E-state index contributed by atoms with van der Waals surface area (Å²) in [5, 5.41) is 5.40. The molecule has 0 bridgehead atoms. The Morgan fingerprint density at radius 1 is 1.03 bits per heavy atom. The molecule has 0 spiro atoms. The number of imide groups is 1. The van der Waals surface area contributed by atoms with Gasteiger partial charge in [-0.25, -0.2) is 13.2 Å². The Hall–Kier alpha value is -3.60. The number of halogens is 1. The highest BCUT2D eigenvalue weighted by atomic mass is 35.5. The first-order valence-corrected chi connectivity index (χ1v) is 12.6. The third-order valence-corrected chi connectivity index (χ3v) is 6.99. The van der Waals surface area contributed by atoms with E-state index in [4.69, 9.17) is 16.5 Å². The second-order valence-corrected chi connectivity index (χ2v) is 9.68. The number of hydrogen-bond donors (Lipinski definition) is 3. The molecule has 35 heavy (non-hydrogen) atoms. The second-order valence-electron chi connectivity index (χ2n) is 7.66. The minimum atomic E-state index is -3.96. The Balaban J connectivity index is 1.54. The Morgan fingerprint density at radius 2 is 1.77 bits per heavy atom. The Bertz CT molecular complexity index is 1370. The average molecular weight is 515 g/mol. The normalized spacial score (nSPS) is 12.5. The highest BCUT2D eigenvalue weighted by molar-refractivity contribution is 7.92. The van der Waals surface area contributed by atoms with E-state index in [1.807, 2.05) is 6.07 Å². The molecule has 0 atom stereocenters. The third kappa shape index (κ3) is 5.56. The fourth-order valence-corrected chi connectivity index (χ4v) is 4.83. The van der Waals surface area contributed by atoms with Crippen molar-refractivity contribution in [2.45, 2.75) is 24.9 Å². The van der Waals surface area contributed by atoms with E-state index in [1.54, 1.807) is 49.4 Å². The number of urea groups is 1. The summed E-state index contributed by atoms with van der Waals surface area (Å²) in [7, 11) is -3.96. The third-order valence-electron chi connectivity index (χ3n) is 5.28. The Morgan fingerprint density at radius 3 is 2.51 bits per heavy atom. The molecule has 0 aliphatic carbocycles. The molecule has 11 heteroatoms. The van der Waals surface area contributed by atoms with Crippen LogP contribution in [0, 0.1) is 0 Å². The zero-order chi connectivity index (χ0) is 25.0. The van der Waals surface area contributed by atoms with Crippen LogP contribution in [-0.2, 0) is 23.1 Å². The van der Waals surface area contributed by atoms with Gasteiger partial charge in [-0.2, -0.15) is 4.42 Å². The first kappa shape index (κ1) is 24.5. The highest BCUT2D eigenvalue weighted by Gasteiger charge is 2.24. The van der Waals surface area contributed by atoms with E-state index in [9.17, 15) is 18.0 Å². The maximum atomic E-state index is 13.0. The maximum absolute atomic E-state index is 13.0. The minimum absolute atomic E-state index is 0.0610. The first-order valence-electron chi connectivity index (χ1n) is 10.8. The molecule has 1 aliphatic heterocycles. The lowest BCUT2D eigenvalue weighted by Gasteiger charge is -2.19. The molecule has 3 N–H and O–H groups in total. The largest absolute Gasteiger partial charge is 0.492 e. The van der Waals surface area contributed by atoms with Gasteiger partial charge in [0.2, 0.25) is 0 Å². The van der Waals surface area contributed by atoms with Crippen LogP contribution in [0.15, 0.2) is 71.6 Å². The minimum Gasteiger partial charge on any atom is -0.492 e. The number of nitrogens with zero attached hydrogens (tertiary/aromatic N) is 1. The van der Waals surface area contributed by atoms with Gasteiger partial charge in [-0.1, -0.05) is 24.3 Å². The summed E-state index contributed by atoms with van der Waals surface area (Å²) < 4.78 is 34.8. The molecule has 9 nitrogen and oxygen atoms in total. The molecule has 0 saturated carbocycles. The number of sulfonamides is 1. The topological polar surface area (TPSA) is 117 Å². The number of amides is 3. The molecule has 3 aromatic rings. The summed E-state index contributed by atoms with van der Waals surface area (Å²) in [6, 6.07) is 16.6. The van der Waals surface area contributed by atoms with Crippen LogP contribution in [0.5, 0.6) is 5.75 Å². The number of carbonyl (C=O) groups is 2. The van der Waals surface area contributed by atoms with Gasteiger partial charge in [0.1, 0.15) is 11.4 Å². The molecular formula is C24H23ClN4O5S. The van der Waals surface area contributed by atoms with Crippen molar-refractivity contribution in [3.63, 3.8) is 0 Å². The number of benzene rings is 3. The zero-order valence-corrected chi connectivity index (χ0v) is 20.3. The van der Waals surface area contributed by atoms with Crippen LogP contribution >= 0.6 is 11.8 Å². The quantitative estimate of drug-likeness (QED) is 0.410. The molecule has 0 aromatic heterocycles. The summed E-state index contributed by atoms with van der Waals surface area (Å²) in [5.41, 5.74) is 2.96. The summed E-state index contributed by atoms with van der Waals surface area (Å²) in [4.78, 5) is 24.8. The van der Waals surface area contributed by atoms with Gasteiger partial charge < -0.3 is 10.1 Å². The summed E-state index contributed by atoms with van der Waals surface area (Å²) in [5.74, 6) is -0.571. The monoisotopic (exact) mass is 514 g/mol. The van der Waals surface area contributed by atoms with Crippen molar-refractivity contribution in [3.05, 3.63) is 83.4 Å². The molecular weight excluding hydrogens is 492 g/mol. The first-order chi connectivity index (χ1) is 16.8. The molecule has 182 valence electrons. The van der Waals surface area contributed by atoms with Gasteiger partial charge in [-0.05, 0) is 54.4 Å². The number of carbonyl (C=O) groups excluding carboxylic acids is 2. The zero-order valence-electron chi connectivity index (χ0n) is 18.7. The van der Waals surface area contributed by atoms with E-state index in [0.717, 1.165) is 17.7 Å². The van der Waals surface area contributed by atoms with E-state index < -0.39 is 22.0 Å². The van der Waals surface area contributed by atoms with E-state index >= 15 is 0 Å². The van der Waals surface area contributed by atoms with E-state index in [-0.39, 0.29) is 28.5 Å². The van der Waals surface area contributed by atoms with Crippen molar-refractivity contribution in [1.29, 1.82) is 0 Å². The molecule has 1 heterocycles. The SMILES string of the molecule is CCOc1cc(S(=O)(=O)Nc2ccc3c(c2)CNC3)ccc1N(Cl)C(=O)NC(=O)c1ccccc1. The lowest BCUT2D eigenvalue weighted by molar-refractivity contribution is 0.0966. The summed E-state index contributed by atoms with van der Waals surface area (Å²) in [6.45, 7) is 3.33. The highest BCUT2D eigenvalue weighted by Crippen LogP contribution is 2.33. The predicted octanol–water partition coefficient (Wildman–Crippen LogP) is 4.00. The number of fused-ring (bicyclic) bond motifs is 1. The van der Waals surface area contributed by atoms with Crippen molar-refractivity contribution in [3.8, 4) is 5.75 Å². The fourth-order valence-electron chi connectivity index (χ4n) is 3.58. The number of hydrogen-bond acceptors (Lipinski definition) is 6. The maximum Gasteiger partial charge on any atom is 0.343 e. The van der Waals surface area contributed by atoms with Gasteiger partial charge in [0.15, 0.2) is 0 Å². The van der Waals surface area contributed by atoms with Crippen LogP contribution < -0.4 is 24.5 Å². The van der Waals surface area contributed by atoms with Crippen LogP contribution in [0.2, 0.25) is 0 Å². The second kappa shape index (κ2) is 10.3. The molecule has 3 aromatic carbocycles. The molecule has 0 fully saturated rings.